The normalized spacial score (nSPS) is 10.3. The minimum absolute atomic E-state index is 0.177. The van der Waals surface area contributed by atoms with Gasteiger partial charge in [0.2, 0.25) is 0 Å². The fraction of sp³-hybridized carbons (Fsp3) is 0.200. The van der Waals surface area contributed by atoms with E-state index >= 15 is 0 Å². The highest BCUT2D eigenvalue weighted by Crippen LogP contribution is 2.24. The highest BCUT2D eigenvalue weighted by molar-refractivity contribution is 9.10. The van der Waals surface area contributed by atoms with Crippen LogP contribution in [0.2, 0.25) is 0 Å². The van der Waals surface area contributed by atoms with Crippen molar-refractivity contribution >= 4 is 33.3 Å². The molecular weight excluding hydrogens is 337 g/mol. The van der Waals surface area contributed by atoms with Crippen molar-refractivity contribution in [2.24, 2.45) is 0 Å². The summed E-state index contributed by atoms with van der Waals surface area (Å²) >= 11 is 3.41. The number of carbonyl (C=O) groups is 1. The number of nitrogens with zero attached hydrogens (tertiary/aromatic N) is 1. The number of aromatic nitrogens is 1. The highest BCUT2D eigenvalue weighted by Gasteiger charge is 2.15. The van der Waals surface area contributed by atoms with Gasteiger partial charge in [0.1, 0.15) is 11.6 Å². The predicted octanol–water partition coefficient (Wildman–Crippen LogP) is 3.98. The van der Waals surface area contributed by atoms with Crippen LogP contribution in [0.4, 0.5) is 15.9 Å². The Balaban J connectivity index is 2.32. The fourth-order valence-corrected chi connectivity index (χ4v) is 2.22. The smallest absolute Gasteiger partial charge is 0.259 e. The lowest BCUT2D eigenvalue weighted by atomic mass is 10.1. The Morgan fingerprint density at radius 2 is 2.19 bits per heavy atom. The first-order valence-electron chi connectivity index (χ1n) is 6.48. The van der Waals surface area contributed by atoms with E-state index in [1.54, 1.807) is 6.07 Å². The van der Waals surface area contributed by atoms with Crippen LogP contribution in [-0.4, -0.2) is 17.4 Å². The molecule has 2 aromatic rings. The maximum atomic E-state index is 13.4. The molecule has 2 rings (SSSR count). The Morgan fingerprint density at radius 3 is 2.90 bits per heavy atom. The summed E-state index contributed by atoms with van der Waals surface area (Å²) in [4.78, 5) is 16.3. The van der Waals surface area contributed by atoms with Gasteiger partial charge in [-0.1, -0.05) is 22.0 Å². The summed E-state index contributed by atoms with van der Waals surface area (Å²) in [5, 5.41) is 5.73. The molecule has 0 fully saturated rings. The third kappa shape index (κ3) is 3.58. The van der Waals surface area contributed by atoms with Crippen LogP contribution in [0.5, 0.6) is 0 Å². The van der Waals surface area contributed by atoms with Gasteiger partial charge in [0.15, 0.2) is 0 Å². The van der Waals surface area contributed by atoms with Crippen molar-refractivity contribution in [1.82, 2.24) is 4.98 Å². The van der Waals surface area contributed by atoms with E-state index in [4.69, 9.17) is 0 Å². The van der Waals surface area contributed by atoms with E-state index in [0.717, 1.165) is 16.2 Å². The topological polar surface area (TPSA) is 54.0 Å². The average molecular weight is 352 g/mol. The molecule has 0 aliphatic rings. The summed E-state index contributed by atoms with van der Waals surface area (Å²) in [6.07, 6.45) is 1.08. The third-order valence-electron chi connectivity index (χ3n) is 2.96. The zero-order chi connectivity index (χ0) is 15.4. The van der Waals surface area contributed by atoms with E-state index < -0.39 is 11.7 Å². The molecule has 1 heterocycles. The van der Waals surface area contributed by atoms with Gasteiger partial charge >= 0.3 is 0 Å². The molecule has 0 spiro atoms. The number of nitrogens with one attached hydrogen (secondary N) is 2. The van der Waals surface area contributed by atoms with E-state index in [9.17, 15) is 9.18 Å². The second-order valence-corrected chi connectivity index (χ2v) is 5.30. The summed E-state index contributed by atoms with van der Waals surface area (Å²) < 4.78 is 14.2. The molecule has 0 bridgehead atoms. The van der Waals surface area contributed by atoms with Crippen LogP contribution in [0.15, 0.2) is 34.9 Å². The van der Waals surface area contributed by atoms with Gasteiger partial charge in [-0.3, -0.25) is 4.79 Å². The molecule has 0 aliphatic carbocycles. The number of halogens is 2. The van der Waals surface area contributed by atoms with Gasteiger partial charge in [0, 0.05) is 16.7 Å². The van der Waals surface area contributed by atoms with Crippen molar-refractivity contribution in [3.05, 3.63) is 51.9 Å². The van der Waals surface area contributed by atoms with Crippen molar-refractivity contribution < 1.29 is 9.18 Å². The standard InChI is InChI=1S/C15H15BrFN3O/c1-3-18-14-11(7-10(17)8-19-14)15(21)20-13-6-4-5-12(16)9(13)2/h4-8H,3H2,1-2H3,(H,18,19)(H,20,21). The maximum absolute atomic E-state index is 13.4. The van der Waals surface area contributed by atoms with Gasteiger partial charge in [-0.25, -0.2) is 9.37 Å². The molecule has 1 aromatic carbocycles. The number of rotatable bonds is 4. The van der Waals surface area contributed by atoms with Crippen LogP contribution in [0, 0.1) is 12.7 Å². The fourth-order valence-electron chi connectivity index (χ4n) is 1.85. The molecule has 0 radical (unpaired) electrons. The monoisotopic (exact) mass is 351 g/mol. The number of benzene rings is 1. The van der Waals surface area contributed by atoms with Gasteiger partial charge in [0.25, 0.3) is 5.91 Å². The van der Waals surface area contributed by atoms with E-state index in [0.29, 0.717) is 18.1 Å². The van der Waals surface area contributed by atoms with E-state index in [2.05, 4.69) is 31.5 Å². The molecule has 21 heavy (non-hydrogen) atoms. The van der Waals surface area contributed by atoms with Gasteiger partial charge in [-0.05, 0) is 37.6 Å². The summed E-state index contributed by atoms with van der Waals surface area (Å²) in [5.74, 6) is -0.587. The van der Waals surface area contributed by atoms with Crippen LogP contribution >= 0.6 is 15.9 Å². The van der Waals surface area contributed by atoms with E-state index in [1.165, 1.54) is 6.07 Å². The number of pyridine rings is 1. The lowest BCUT2D eigenvalue weighted by Gasteiger charge is -2.12. The van der Waals surface area contributed by atoms with Crippen molar-refractivity contribution in [2.75, 3.05) is 17.2 Å². The van der Waals surface area contributed by atoms with Crippen LogP contribution in [-0.2, 0) is 0 Å². The molecule has 4 nitrogen and oxygen atoms in total. The van der Waals surface area contributed by atoms with Crippen LogP contribution < -0.4 is 10.6 Å². The largest absolute Gasteiger partial charge is 0.370 e. The van der Waals surface area contributed by atoms with E-state index in [-0.39, 0.29) is 5.56 Å². The summed E-state index contributed by atoms with van der Waals surface area (Å²) in [7, 11) is 0. The predicted molar refractivity (Wildman–Crippen MR) is 85.2 cm³/mol. The molecule has 0 saturated heterocycles. The number of anilines is 2. The Bertz CT molecular complexity index is 676. The van der Waals surface area contributed by atoms with Gasteiger partial charge in [-0.15, -0.1) is 0 Å². The summed E-state index contributed by atoms with van der Waals surface area (Å²) in [6, 6.07) is 6.67. The molecule has 1 aromatic heterocycles. The van der Waals surface area contributed by atoms with Crippen molar-refractivity contribution in [3.63, 3.8) is 0 Å². The van der Waals surface area contributed by atoms with Gasteiger partial charge < -0.3 is 10.6 Å². The number of carbonyl (C=O) groups excluding carboxylic acids is 1. The Hall–Kier alpha value is -1.95. The van der Waals surface area contributed by atoms with Crippen molar-refractivity contribution in [1.29, 1.82) is 0 Å². The maximum Gasteiger partial charge on any atom is 0.259 e. The first kappa shape index (κ1) is 15.4. The van der Waals surface area contributed by atoms with Crippen molar-refractivity contribution in [2.45, 2.75) is 13.8 Å². The summed E-state index contributed by atoms with van der Waals surface area (Å²) in [6.45, 7) is 4.36. The van der Waals surface area contributed by atoms with Crippen LogP contribution in [0.3, 0.4) is 0 Å². The minimum atomic E-state index is -0.548. The SMILES string of the molecule is CCNc1ncc(F)cc1C(=O)Nc1cccc(Br)c1C. The highest BCUT2D eigenvalue weighted by atomic mass is 79.9. The Morgan fingerprint density at radius 1 is 1.43 bits per heavy atom. The van der Waals surface area contributed by atoms with Crippen LogP contribution in [0.1, 0.15) is 22.8 Å². The zero-order valence-corrected chi connectivity index (χ0v) is 13.3. The first-order valence-corrected chi connectivity index (χ1v) is 7.28. The number of hydrogen-bond acceptors (Lipinski definition) is 3. The van der Waals surface area contributed by atoms with E-state index in [1.807, 2.05) is 26.0 Å². The first-order chi connectivity index (χ1) is 10.0. The molecule has 1 amide bonds. The zero-order valence-electron chi connectivity index (χ0n) is 11.7. The lowest BCUT2D eigenvalue weighted by molar-refractivity contribution is 0.102. The molecule has 2 N–H and O–H groups in total. The molecule has 0 saturated carbocycles. The summed E-state index contributed by atoms with van der Waals surface area (Å²) in [5.41, 5.74) is 1.75. The Kier molecular flexibility index (Phi) is 4.90. The molecule has 0 atom stereocenters. The van der Waals surface area contributed by atoms with Crippen LogP contribution in [0.25, 0.3) is 0 Å². The molecule has 0 unspecified atom stereocenters. The average Bonchev–Trinajstić information content (AvgIpc) is 2.46. The second-order valence-electron chi connectivity index (χ2n) is 4.45. The number of hydrogen-bond donors (Lipinski definition) is 2. The molecule has 6 heteroatoms. The third-order valence-corrected chi connectivity index (χ3v) is 3.82. The quantitative estimate of drug-likeness (QED) is 0.875. The molecular formula is C15H15BrFN3O. The van der Waals surface area contributed by atoms with Crippen molar-refractivity contribution in [3.8, 4) is 0 Å². The number of amides is 1. The van der Waals surface area contributed by atoms with Gasteiger partial charge in [-0.2, -0.15) is 0 Å². The second kappa shape index (κ2) is 6.67. The Labute approximate surface area is 130 Å². The van der Waals surface area contributed by atoms with Gasteiger partial charge in [0.05, 0.1) is 11.8 Å². The molecule has 0 aliphatic heterocycles. The molecule has 110 valence electrons. The minimum Gasteiger partial charge on any atom is -0.370 e. The lowest BCUT2D eigenvalue weighted by Crippen LogP contribution is -2.16.